The van der Waals surface area contributed by atoms with Gasteiger partial charge in [0, 0.05) is 0 Å². The van der Waals surface area contributed by atoms with Crippen LogP contribution in [0.3, 0.4) is 0 Å². The average Bonchev–Trinajstić information content (AvgIpc) is 2.37. The van der Waals surface area contributed by atoms with Crippen molar-refractivity contribution in [1.82, 2.24) is 0 Å². The summed E-state index contributed by atoms with van der Waals surface area (Å²) < 4.78 is 43.1. The van der Waals surface area contributed by atoms with Gasteiger partial charge in [0.2, 0.25) is 0 Å². The molecule has 2 aromatic rings. The molecule has 0 saturated carbocycles. The van der Waals surface area contributed by atoms with Gasteiger partial charge in [-0.05, 0) is 43.2 Å². The lowest BCUT2D eigenvalue weighted by molar-refractivity contribution is -0.0501. The van der Waals surface area contributed by atoms with Crippen molar-refractivity contribution in [3.05, 3.63) is 64.5 Å². The quantitative estimate of drug-likeness (QED) is 0.787. The lowest BCUT2D eigenvalue weighted by Crippen LogP contribution is -2.11. The number of benzene rings is 2. The smallest absolute Gasteiger partial charge is 0.387 e. The molecule has 2 rings (SSSR count). The van der Waals surface area contributed by atoms with Crippen LogP contribution in [-0.2, 0) is 0 Å². The second-order valence-electron chi connectivity index (χ2n) is 4.64. The van der Waals surface area contributed by atoms with Gasteiger partial charge in [-0.25, -0.2) is 4.39 Å². The van der Waals surface area contributed by atoms with Crippen molar-refractivity contribution in [2.45, 2.75) is 20.5 Å². The predicted octanol–water partition coefficient (Wildman–Crippen LogP) is 4.27. The molecule has 0 aliphatic carbocycles. The molecule has 0 radical (unpaired) electrons. The highest BCUT2D eigenvalue weighted by Gasteiger charge is 2.21. The van der Waals surface area contributed by atoms with Crippen molar-refractivity contribution in [3.63, 3.8) is 0 Å². The highest BCUT2D eigenvalue weighted by molar-refractivity contribution is 6.11. The Morgan fingerprint density at radius 1 is 1.14 bits per heavy atom. The monoisotopic (exact) mass is 294 g/mol. The highest BCUT2D eigenvalue weighted by atomic mass is 19.3. The van der Waals surface area contributed by atoms with Gasteiger partial charge >= 0.3 is 6.61 Å². The van der Waals surface area contributed by atoms with E-state index >= 15 is 0 Å². The van der Waals surface area contributed by atoms with E-state index < -0.39 is 18.2 Å². The number of ether oxygens (including phenoxy) is 1. The van der Waals surface area contributed by atoms with Crippen LogP contribution in [0.1, 0.15) is 27.0 Å². The molecular weight excluding hydrogens is 281 g/mol. The van der Waals surface area contributed by atoms with Crippen LogP contribution < -0.4 is 4.74 Å². The van der Waals surface area contributed by atoms with Gasteiger partial charge in [-0.1, -0.05) is 18.2 Å². The van der Waals surface area contributed by atoms with E-state index in [1.807, 2.05) is 0 Å². The Labute approximate surface area is 120 Å². The van der Waals surface area contributed by atoms with E-state index in [9.17, 15) is 18.0 Å². The van der Waals surface area contributed by atoms with Gasteiger partial charge in [-0.3, -0.25) is 4.79 Å². The Morgan fingerprint density at radius 3 is 2.43 bits per heavy atom. The van der Waals surface area contributed by atoms with Gasteiger partial charge in [-0.15, -0.1) is 0 Å². The Morgan fingerprint density at radius 2 is 1.81 bits per heavy atom. The fourth-order valence-electron chi connectivity index (χ4n) is 2.19. The lowest BCUT2D eigenvalue weighted by atomic mass is 9.96. The van der Waals surface area contributed by atoms with Gasteiger partial charge in [0.05, 0.1) is 11.1 Å². The van der Waals surface area contributed by atoms with Gasteiger partial charge < -0.3 is 4.74 Å². The number of carbonyl (C=O) groups excluding carboxylic acids is 1. The van der Waals surface area contributed by atoms with Crippen LogP contribution in [0.25, 0.3) is 0 Å². The first-order valence-corrected chi connectivity index (χ1v) is 6.25. The van der Waals surface area contributed by atoms with Crippen LogP contribution in [0, 0.1) is 19.7 Å². The maximum atomic E-state index is 14.0. The molecule has 21 heavy (non-hydrogen) atoms. The third-order valence-electron chi connectivity index (χ3n) is 3.01. The van der Waals surface area contributed by atoms with Crippen molar-refractivity contribution < 1.29 is 22.7 Å². The highest BCUT2D eigenvalue weighted by Crippen LogP contribution is 2.26. The maximum absolute atomic E-state index is 14.0. The van der Waals surface area contributed by atoms with Gasteiger partial charge in [0.1, 0.15) is 11.6 Å². The summed E-state index contributed by atoms with van der Waals surface area (Å²) in [4.78, 5) is 12.4. The predicted molar refractivity (Wildman–Crippen MR) is 72.4 cm³/mol. The molecule has 0 atom stereocenters. The molecule has 0 unspecified atom stereocenters. The zero-order valence-electron chi connectivity index (χ0n) is 11.5. The van der Waals surface area contributed by atoms with E-state index in [-0.39, 0.29) is 16.9 Å². The van der Waals surface area contributed by atoms with Crippen LogP contribution in [0.15, 0.2) is 36.4 Å². The number of ketones is 1. The van der Waals surface area contributed by atoms with E-state index in [0.29, 0.717) is 11.1 Å². The van der Waals surface area contributed by atoms with Crippen molar-refractivity contribution in [3.8, 4) is 5.75 Å². The summed E-state index contributed by atoms with van der Waals surface area (Å²) >= 11 is 0. The van der Waals surface area contributed by atoms with Gasteiger partial charge in [0.15, 0.2) is 5.78 Å². The second-order valence-corrected chi connectivity index (χ2v) is 4.64. The molecule has 0 aliphatic heterocycles. The SMILES string of the molecule is Cc1cc(C)c(C(=O)c2ccccc2OC(F)F)c(F)c1. The summed E-state index contributed by atoms with van der Waals surface area (Å²) in [6.07, 6.45) is 0. The topological polar surface area (TPSA) is 26.3 Å². The van der Waals surface area contributed by atoms with Crippen LogP contribution in [0.5, 0.6) is 5.75 Å². The molecule has 0 saturated heterocycles. The number of alkyl halides is 2. The van der Waals surface area contributed by atoms with Gasteiger partial charge in [0.25, 0.3) is 0 Å². The molecular formula is C16H13F3O2. The minimum Gasteiger partial charge on any atom is -0.434 e. The zero-order valence-corrected chi connectivity index (χ0v) is 11.5. The van der Waals surface area contributed by atoms with E-state index in [0.717, 1.165) is 0 Å². The Hall–Kier alpha value is -2.30. The first-order chi connectivity index (χ1) is 9.90. The number of para-hydroxylation sites is 1. The Balaban J connectivity index is 2.51. The molecule has 0 N–H and O–H groups in total. The molecule has 0 heterocycles. The summed E-state index contributed by atoms with van der Waals surface area (Å²) in [5, 5.41) is 0. The number of carbonyl (C=O) groups is 1. The molecule has 0 spiro atoms. The number of rotatable bonds is 4. The normalized spacial score (nSPS) is 10.8. The minimum atomic E-state index is -3.05. The molecule has 5 heteroatoms. The summed E-state index contributed by atoms with van der Waals surface area (Å²) in [5.41, 5.74) is 0.901. The number of halogens is 3. The molecule has 0 bridgehead atoms. The third-order valence-corrected chi connectivity index (χ3v) is 3.01. The van der Waals surface area contributed by atoms with E-state index in [1.54, 1.807) is 19.9 Å². The zero-order chi connectivity index (χ0) is 15.6. The maximum Gasteiger partial charge on any atom is 0.387 e. The minimum absolute atomic E-state index is 0.0938. The largest absolute Gasteiger partial charge is 0.434 e. The molecule has 0 aliphatic rings. The molecule has 2 nitrogen and oxygen atoms in total. The first-order valence-electron chi connectivity index (χ1n) is 6.25. The summed E-state index contributed by atoms with van der Waals surface area (Å²) in [5.74, 6) is -1.62. The van der Waals surface area contributed by atoms with Gasteiger partial charge in [-0.2, -0.15) is 8.78 Å². The number of hydrogen-bond donors (Lipinski definition) is 0. The lowest BCUT2D eigenvalue weighted by Gasteiger charge is -2.12. The standard InChI is InChI=1S/C16H13F3O2/c1-9-7-10(2)14(12(17)8-9)15(20)11-5-3-4-6-13(11)21-16(18)19/h3-8,16H,1-2H3. The Bertz CT molecular complexity index is 658. The summed E-state index contributed by atoms with van der Waals surface area (Å²) in [6, 6.07) is 8.45. The van der Waals surface area contributed by atoms with Crippen molar-refractivity contribution in [1.29, 1.82) is 0 Å². The van der Waals surface area contributed by atoms with Crippen molar-refractivity contribution >= 4 is 5.78 Å². The molecule has 0 aromatic heterocycles. The average molecular weight is 294 g/mol. The van der Waals surface area contributed by atoms with E-state index in [2.05, 4.69) is 4.74 Å². The van der Waals surface area contributed by atoms with Crippen LogP contribution in [-0.4, -0.2) is 12.4 Å². The fourth-order valence-corrected chi connectivity index (χ4v) is 2.19. The van der Waals surface area contributed by atoms with Crippen LogP contribution >= 0.6 is 0 Å². The second kappa shape index (κ2) is 5.99. The Kier molecular flexibility index (Phi) is 4.31. The molecule has 0 fully saturated rings. The first kappa shape index (κ1) is 15.1. The summed E-state index contributed by atoms with van der Waals surface area (Å²) in [6.45, 7) is 0.251. The number of hydrogen-bond acceptors (Lipinski definition) is 2. The molecule has 110 valence electrons. The van der Waals surface area contributed by atoms with Crippen molar-refractivity contribution in [2.24, 2.45) is 0 Å². The summed E-state index contributed by atoms with van der Waals surface area (Å²) in [7, 11) is 0. The van der Waals surface area contributed by atoms with Crippen LogP contribution in [0.4, 0.5) is 13.2 Å². The molecule has 2 aromatic carbocycles. The molecule has 0 amide bonds. The number of aryl methyl sites for hydroxylation is 2. The third kappa shape index (κ3) is 3.24. The van der Waals surface area contributed by atoms with E-state index in [1.165, 1.54) is 30.3 Å². The van der Waals surface area contributed by atoms with Crippen LogP contribution in [0.2, 0.25) is 0 Å². The van der Waals surface area contributed by atoms with E-state index in [4.69, 9.17) is 0 Å². The fraction of sp³-hybridized carbons (Fsp3) is 0.188. The van der Waals surface area contributed by atoms with Crippen molar-refractivity contribution in [2.75, 3.05) is 0 Å².